The summed E-state index contributed by atoms with van der Waals surface area (Å²) in [5, 5.41) is 9.88. The highest BCUT2D eigenvalue weighted by Gasteiger charge is 2.32. The molecule has 1 aliphatic rings. The first-order chi connectivity index (χ1) is 9.52. The lowest BCUT2D eigenvalue weighted by Gasteiger charge is -2.17. The van der Waals surface area contributed by atoms with E-state index in [1.807, 2.05) is 31.2 Å². The molecule has 1 unspecified atom stereocenters. The van der Waals surface area contributed by atoms with Gasteiger partial charge < -0.3 is 14.7 Å². The minimum absolute atomic E-state index is 0.0749. The molecule has 2 rings (SSSR count). The van der Waals surface area contributed by atoms with Gasteiger partial charge in [0.1, 0.15) is 5.75 Å². The maximum atomic E-state index is 12.1. The van der Waals surface area contributed by atoms with Crippen molar-refractivity contribution < 1.29 is 14.6 Å². The molecular weight excluding hydrogens is 254 g/mol. The predicted molar refractivity (Wildman–Crippen MR) is 78.5 cm³/mol. The molecule has 1 saturated heterocycles. The standard InChI is InChI=1S/C16H21NO3/c1-3-20-14-7-5-4-6-13(14)8-9-15(18)17-11-10-16(2,19)12-17/h4-9,19H,3,10-12H2,1-2H3/b9-8+. The highest BCUT2D eigenvalue weighted by molar-refractivity contribution is 5.92. The number of carbonyl (C=O) groups excluding carboxylic acids is 1. The molecule has 1 aromatic carbocycles. The average Bonchev–Trinajstić information content (AvgIpc) is 2.78. The lowest BCUT2D eigenvalue weighted by Crippen LogP contribution is -2.32. The Morgan fingerprint density at radius 2 is 2.25 bits per heavy atom. The fourth-order valence-corrected chi connectivity index (χ4v) is 2.30. The van der Waals surface area contributed by atoms with Gasteiger partial charge in [0.2, 0.25) is 5.91 Å². The zero-order valence-electron chi connectivity index (χ0n) is 12.0. The van der Waals surface area contributed by atoms with Crippen molar-refractivity contribution in [2.24, 2.45) is 0 Å². The number of rotatable bonds is 4. The third-order valence-corrected chi connectivity index (χ3v) is 3.39. The molecule has 108 valence electrons. The average molecular weight is 275 g/mol. The van der Waals surface area contributed by atoms with E-state index in [0.29, 0.717) is 26.1 Å². The van der Waals surface area contributed by atoms with Gasteiger partial charge in [-0.05, 0) is 32.4 Å². The second kappa shape index (κ2) is 6.09. The third kappa shape index (κ3) is 3.61. The number of aliphatic hydroxyl groups is 1. The minimum Gasteiger partial charge on any atom is -0.493 e. The number of para-hydroxylation sites is 1. The summed E-state index contributed by atoms with van der Waals surface area (Å²) in [5.74, 6) is 0.696. The van der Waals surface area contributed by atoms with E-state index in [1.165, 1.54) is 0 Å². The van der Waals surface area contributed by atoms with Crippen LogP contribution in [-0.4, -0.2) is 41.2 Å². The first kappa shape index (κ1) is 14.6. The highest BCUT2D eigenvalue weighted by Crippen LogP contribution is 2.22. The zero-order chi connectivity index (χ0) is 14.6. The zero-order valence-corrected chi connectivity index (χ0v) is 12.0. The molecule has 0 aromatic heterocycles. The van der Waals surface area contributed by atoms with E-state index in [9.17, 15) is 9.90 Å². The van der Waals surface area contributed by atoms with Crippen LogP contribution in [0.5, 0.6) is 5.75 Å². The lowest BCUT2D eigenvalue weighted by molar-refractivity contribution is -0.125. The van der Waals surface area contributed by atoms with E-state index in [2.05, 4.69) is 0 Å². The van der Waals surface area contributed by atoms with Gasteiger partial charge in [-0.15, -0.1) is 0 Å². The van der Waals surface area contributed by atoms with Crippen molar-refractivity contribution in [3.8, 4) is 5.75 Å². The molecule has 1 aliphatic heterocycles. The van der Waals surface area contributed by atoms with E-state index in [-0.39, 0.29) is 5.91 Å². The molecule has 0 bridgehead atoms. The van der Waals surface area contributed by atoms with Gasteiger partial charge in [0.05, 0.1) is 12.2 Å². The Balaban J connectivity index is 2.04. The summed E-state index contributed by atoms with van der Waals surface area (Å²) in [5.41, 5.74) is 0.126. The van der Waals surface area contributed by atoms with Crippen molar-refractivity contribution >= 4 is 12.0 Å². The molecule has 0 spiro atoms. The van der Waals surface area contributed by atoms with Crippen LogP contribution in [0.15, 0.2) is 30.3 Å². The van der Waals surface area contributed by atoms with Crippen molar-refractivity contribution in [1.82, 2.24) is 4.90 Å². The summed E-state index contributed by atoms with van der Waals surface area (Å²) in [6, 6.07) is 7.61. The van der Waals surface area contributed by atoms with Gasteiger partial charge in [-0.25, -0.2) is 0 Å². The number of amides is 1. The second-order valence-corrected chi connectivity index (χ2v) is 5.31. The Labute approximate surface area is 119 Å². The number of hydrogen-bond donors (Lipinski definition) is 1. The van der Waals surface area contributed by atoms with Crippen LogP contribution in [0.4, 0.5) is 0 Å². The normalized spacial score (nSPS) is 22.4. The summed E-state index contributed by atoms with van der Waals surface area (Å²) in [6.45, 7) is 5.27. The van der Waals surface area contributed by atoms with Gasteiger partial charge in [-0.2, -0.15) is 0 Å². The fourth-order valence-electron chi connectivity index (χ4n) is 2.30. The van der Waals surface area contributed by atoms with Crippen LogP contribution in [0.1, 0.15) is 25.8 Å². The molecule has 20 heavy (non-hydrogen) atoms. The van der Waals surface area contributed by atoms with Crippen molar-refractivity contribution in [3.63, 3.8) is 0 Å². The van der Waals surface area contributed by atoms with Gasteiger partial charge in [0.15, 0.2) is 0 Å². The molecule has 0 radical (unpaired) electrons. The van der Waals surface area contributed by atoms with E-state index < -0.39 is 5.60 Å². The van der Waals surface area contributed by atoms with Crippen molar-refractivity contribution in [2.45, 2.75) is 25.9 Å². The molecule has 1 N–H and O–H groups in total. The Morgan fingerprint density at radius 1 is 1.50 bits per heavy atom. The van der Waals surface area contributed by atoms with Crippen LogP contribution >= 0.6 is 0 Å². The molecule has 4 nitrogen and oxygen atoms in total. The Kier molecular flexibility index (Phi) is 4.45. The van der Waals surface area contributed by atoms with Crippen LogP contribution in [0, 0.1) is 0 Å². The smallest absolute Gasteiger partial charge is 0.246 e. The third-order valence-electron chi connectivity index (χ3n) is 3.39. The molecule has 0 aliphatic carbocycles. The summed E-state index contributed by atoms with van der Waals surface area (Å²) >= 11 is 0. The van der Waals surface area contributed by atoms with Crippen LogP contribution in [-0.2, 0) is 4.79 Å². The number of likely N-dealkylation sites (tertiary alicyclic amines) is 1. The number of carbonyl (C=O) groups is 1. The molecular formula is C16H21NO3. The lowest BCUT2D eigenvalue weighted by atomic mass is 10.1. The van der Waals surface area contributed by atoms with Gasteiger partial charge in [-0.1, -0.05) is 18.2 Å². The monoisotopic (exact) mass is 275 g/mol. The largest absolute Gasteiger partial charge is 0.493 e. The van der Waals surface area contributed by atoms with Gasteiger partial charge >= 0.3 is 0 Å². The number of β-amino-alcohol motifs (C(OH)–C–C–N with tert-alkyl or cyclic N) is 1. The molecule has 1 aromatic rings. The summed E-state index contributed by atoms with van der Waals surface area (Å²) < 4.78 is 5.51. The van der Waals surface area contributed by atoms with Crippen molar-refractivity contribution in [1.29, 1.82) is 0 Å². The maximum Gasteiger partial charge on any atom is 0.246 e. The fraction of sp³-hybridized carbons (Fsp3) is 0.438. The minimum atomic E-state index is -0.757. The van der Waals surface area contributed by atoms with Crippen LogP contribution in [0.3, 0.4) is 0 Å². The van der Waals surface area contributed by atoms with Crippen molar-refractivity contribution in [3.05, 3.63) is 35.9 Å². The molecule has 1 heterocycles. The van der Waals surface area contributed by atoms with E-state index in [0.717, 1.165) is 11.3 Å². The van der Waals surface area contributed by atoms with E-state index in [4.69, 9.17) is 4.74 Å². The topological polar surface area (TPSA) is 49.8 Å². The van der Waals surface area contributed by atoms with E-state index in [1.54, 1.807) is 24.0 Å². The maximum absolute atomic E-state index is 12.1. The first-order valence-corrected chi connectivity index (χ1v) is 6.93. The number of nitrogens with zero attached hydrogens (tertiary/aromatic N) is 1. The number of ether oxygens (including phenoxy) is 1. The highest BCUT2D eigenvalue weighted by atomic mass is 16.5. The quantitative estimate of drug-likeness (QED) is 0.856. The van der Waals surface area contributed by atoms with Gasteiger partial charge in [0, 0.05) is 24.7 Å². The molecule has 0 saturated carbocycles. The molecule has 1 amide bonds. The second-order valence-electron chi connectivity index (χ2n) is 5.31. The SMILES string of the molecule is CCOc1ccccc1/C=C/C(=O)N1CCC(C)(O)C1. The molecule has 1 atom stereocenters. The molecule has 1 fully saturated rings. The predicted octanol–water partition coefficient (Wildman–Crippen LogP) is 2.08. The van der Waals surface area contributed by atoms with Crippen molar-refractivity contribution in [2.75, 3.05) is 19.7 Å². The Hall–Kier alpha value is -1.81. The first-order valence-electron chi connectivity index (χ1n) is 6.93. The Bertz CT molecular complexity index is 508. The number of hydrogen-bond acceptors (Lipinski definition) is 3. The Morgan fingerprint density at radius 3 is 2.90 bits per heavy atom. The van der Waals surface area contributed by atoms with Gasteiger partial charge in [0.25, 0.3) is 0 Å². The number of benzene rings is 1. The summed E-state index contributed by atoms with van der Waals surface area (Å²) in [6.07, 6.45) is 3.93. The van der Waals surface area contributed by atoms with E-state index >= 15 is 0 Å². The van der Waals surface area contributed by atoms with Crippen LogP contribution in [0.2, 0.25) is 0 Å². The van der Waals surface area contributed by atoms with Gasteiger partial charge in [-0.3, -0.25) is 4.79 Å². The van der Waals surface area contributed by atoms with Crippen LogP contribution in [0.25, 0.3) is 6.08 Å². The molecule has 4 heteroatoms. The summed E-state index contributed by atoms with van der Waals surface area (Å²) in [7, 11) is 0. The summed E-state index contributed by atoms with van der Waals surface area (Å²) in [4.78, 5) is 13.7. The van der Waals surface area contributed by atoms with Crippen LogP contribution < -0.4 is 4.74 Å².